The van der Waals surface area contributed by atoms with Gasteiger partial charge >= 0.3 is 6.36 Å². The molecule has 1 aromatic carbocycles. The maximum atomic E-state index is 12.1. The molecule has 1 aromatic heterocycles. The second-order valence-electron chi connectivity index (χ2n) is 3.74. The van der Waals surface area contributed by atoms with Crippen LogP contribution in [0.4, 0.5) is 24.5 Å². The van der Waals surface area contributed by atoms with Crippen LogP contribution in [-0.4, -0.2) is 22.5 Å². The smallest absolute Gasteiger partial charge is 0.407 e. The van der Waals surface area contributed by atoms with Gasteiger partial charge in [0.1, 0.15) is 12.1 Å². The Morgan fingerprint density at radius 1 is 1.24 bits per heavy atom. The lowest BCUT2D eigenvalue weighted by Crippen LogP contribution is -2.16. The van der Waals surface area contributed by atoms with Gasteiger partial charge in [-0.3, -0.25) is 4.99 Å². The summed E-state index contributed by atoms with van der Waals surface area (Å²) < 4.78 is 40.1. The van der Waals surface area contributed by atoms with Gasteiger partial charge in [-0.1, -0.05) is 0 Å². The molecule has 0 saturated heterocycles. The van der Waals surface area contributed by atoms with Crippen molar-refractivity contribution in [1.82, 2.24) is 9.97 Å². The Bertz CT molecular complexity index is 693. The Morgan fingerprint density at radius 2 is 1.95 bits per heavy atom. The molecule has 1 heterocycles. The number of hydrogen-bond acceptors (Lipinski definition) is 4. The van der Waals surface area contributed by atoms with Crippen LogP contribution in [0.5, 0.6) is 5.75 Å². The minimum atomic E-state index is -4.80. The van der Waals surface area contributed by atoms with E-state index in [0.717, 1.165) is 12.1 Å². The number of aliphatic imine (C=N–C) groups is 1. The van der Waals surface area contributed by atoms with Crippen molar-refractivity contribution in [2.75, 3.05) is 0 Å². The normalized spacial score (nSPS) is 11.3. The molecule has 0 spiro atoms. The van der Waals surface area contributed by atoms with Gasteiger partial charge in [0, 0.05) is 24.2 Å². The number of halogens is 3. The summed E-state index contributed by atoms with van der Waals surface area (Å²) in [7, 11) is 0. The quantitative estimate of drug-likeness (QED) is 0.640. The summed E-state index contributed by atoms with van der Waals surface area (Å²) in [4.78, 5) is 14.7. The average Bonchev–Trinajstić information content (AvgIpc) is 2.45. The molecule has 2 aromatic rings. The fourth-order valence-electron chi connectivity index (χ4n) is 1.42. The molecule has 0 amide bonds. The van der Waals surface area contributed by atoms with Crippen LogP contribution in [0.15, 0.2) is 41.9 Å². The Hall–Kier alpha value is -2.95. The van der Waals surface area contributed by atoms with Gasteiger partial charge in [-0.15, -0.1) is 13.2 Å². The number of nitrogens with zero attached hydrogens (tertiary/aromatic N) is 4. The number of rotatable bonds is 3. The number of benzene rings is 1. The van der Waals surface area contributed by atoms with Gasteiger partial charge in [-0.05, 0) is 18.2 Å². The fraction of sp³-hybridized carbons (Fsp3) is 0.0769. The van der Waals surface area contributed by atoms with Gasteiger partial charge in [0.25, 0.3) is 0 Å². The van der Waals surface area contributed by atoms with Gasteiger partial charge < -0.3 is 4.74 Å². The largest absolute Gasteiger partial charge is 0.573 e. The third-order valence-corrected chi connectivity index (χ3v) is 2.23. The van der Waals surface area contributed by atoms with Crippen molar-refractivity contribution in [3.05, 3.63) is 53.9 Å². The topological polar surface area (TPSA) is 51.7 Å². The predicted molar refractivity (Wildman–Crippen MR) is 68.7 cm³/mol. The lowest BCUT2D eigenvalue weighted by molar-refractivity contribution is -0.274. The van der Waals surface area contributed by atoms with E-state index in [0.29, 0.717) is 5.56 Å². The highest BCUT2D eigenvalue weighted by Gasteiger charge is 2.31. The van der Waals surface area contributed by atoms with Gasteiger partial charge in [0.15, 0.2) is 0 Å². The second-order valence-corrected chi connectivity index (χ2v) is 3.74. The molecular formula is C13H7F3N4O. The zero-order valence-electron chi connectivity index (χ0n) is 10.4. The summed E-state index contributed by atoms with van der Waals surface area (Å²) in [6.07, 6.45) is 0.981. The van der Waals surface area contributed by atoms with E-state index in [-0.39, 0.29) is 11.4 Å². The maximum Gasteiger partial charge on any atom is 0.573 e. The van der Waals surface area contributed by atoms with Crippen molar-refractivity contribution < 1.29 is 17.9 Å². The summed E-state index contributed by atoms with van der Waals surface area (Å²) in [5.41, 5.74) is 0.775. The molecule has 8 heteroatoms. The molecule has 0 radical (unpaired) electrons. The first kappa shape index (κ1) is 14.5. The molecular weight excluding hydrogens is 285 g/mol. The van der Waals surface area contributed by atoms with Crippen molar-refractivity contribution in [3.63, 3.8) is 0 Å². The Labute approximate surface area is 117 Å². The Morgan fingerprint density at radius 3 is 2.57 bits per heavy atom. The second kappa shape index (κ2) is 6.00. The molecule has 0 saturated carbocycles. The van der Waals surface area contributed by atoms with Crippen molar-refractivity contribution >= 4 is 17.6 Å². The molecule has 0 atom stereocenters. The van der Waals surface area contributed by atoms with Crippen LogP contribution in [0, 0.1) is 6.57 Å². The third kappa shape index (κ3) is 4.28. The van der Waals surface area contributed by atoms with E-state index in [9.17, 15) is 13.2 Å². The Kier molecular flexibility index (Phi) is 4.13. The molecule has 21 heavy (non-hydrogen) atoms. The summed E-state index contributed by atoms with van der Waals surface area (Å²) in [6.45, 7) is 6.98. The number of alkyl halides is 3. The van der Waals surface area contributed by atoms with E-state index >= 15 is 0 Å². The molecule has 106 valence electrons. The van der Waals surface area contributed by atoms with Crippen LogP contribution in [0.25, 0.3) is 4.85 Å². The molecule has 0 aliphatic heterocycles. The zero-order valence-corrected chi connectivity index (χ0v) is 10.4. The first-order chi connectivity index (χ1) is 9.98. The summed E-state index contributed by atoms with van der Waals surface area (Å²) in [5, 5.41) is 0. The Balaban J connectivity index is 2.25. The van der Waals surface area contributed by atoms with E-state index in [2.05, 4.69) is 24.5 Å². The first-order valence-corrected chi connectivity index (χ1v) is 5.54. The van der Waals surface area contributed by atoms with E-state index in [4.69, 9.17) is 6.57 Å². The van der Waals surface area contributed by atoms with E-state index in [1.54, 1.807) is 0 Å². The van der Waals surface area contributed by atoms with E-state index in [1.807, 2.05) is 0 Å². The molecule has 5 nitrogen and oxygen atoms in total. The predicted octanol–water partition coefficient (Wildman–Crippen LogP) is 3.68. The fourth-order valence-corrected chi connectivity index (χ4v) is 1.42. The number of ether oxygens (including phenoxy) is 1. The maximum absolute atomic E-state index is 12.1. The minimum Gasteiger partial charge on any atom is -0.407 e. The SMILES string of the molecule is [C-]#[N+]c1cc(OC(F)(F)F)ccc1N=Cc1cncnc1. The van der Waals surface area contributed by atoms with Crippen LogP contribution < -0.4 is 4.74 Å². The highest BCUT2D eigenvalue weighted by atomic mass is 19.4. The van der Waals surface area contributed by atoms with Crippen LogP contribution in [0.3, 0.4) is 0 Å². The van der Waals surface area contributed by atoms with Gasteiger partial charge in [0.2, 0.25) is 5.69 Å². The lowest BCUT2D eigenvalue weighted by Gasteiger charge is -2.09. The van der Waals surface area contributed by atoms with Crippen molar-refractivity contribution in [3.8, 4) is 5.75 Å². The molecule has 0 N–H and O–H groups in total. The van der Waals surface area contributed by atoms with Crippen LogP contribution in [0.2, 0.25) is 0 Å². The highest BCUT2D eigenvalue weighted by Crippen LogP contribution is 2.34. The van der Waals surface area contributed by atoms with Crippen molar-refractivity contribution in [2.24, 2.45) is 4.99 Å². The summed E-state index contributed by atoms with van der Waals surface area (Å²) in [6, 6.07) is 3.35. The van der Waals surface area contributed by atoms with Gasteiger partial charge in [-0.2, -0.15) is 0 Å². The molecule has 0 fully saturated rings. The van der Waals surface area contributed by atoms with Gasteiger partial charge in [-0.25, -0.2) is 14.8 Å². The standard InChI is InChI=1S/C13H7F3N4O/c1-17-12-4-10(21-13(14,15)16)2-3-11(12)20-7-9-5-18-8-19-6-9/h2-8H. The summed E-state index contributed by atoms with van der Waals surface area (Å²) in [5.74, 6) is -0.463. The number of hydrogen-bond donors (Lipinski definition) is 0. The molecule has 0 bridgehead atoms. The first-order valence-electron chi connectivity index (χ1n) is 5.54. The molecule has 0 aliphatic rings. The zero-order chi connectivity index (χ0) is 15.3. The van der Waals surface area contributed by atoms with E-state index in [1.165, 1.54) is 31.0 Å². The van der Waals surface area contributed by atoms with Crippen LogP contribution in [0.1, 0.15) is 5.56 Å². The van der Waals surface area contributed by atoms with Crippen molar-refractivity contribution in [1.29, 1.82) is 0 Å². The monoisotopic (exact) mass is 292 g/mol. The van der Waals surface area contributed by atoms with E-state index < -0.39 is 12.1 Å². The summed E-state index contributed by atoms with van der Waals surface area (Å²) >= 11 is 0. The van der Waals surface area contributed by atoms with Crippen LogP contribution in [-0.2, 0) is 0 Å². The molecule has 0 aliphatic carbocycles. The lowest BCUT2D eigenvalue weighted by atomic mass is 10.2. The van der Waals surface area contributed by atoms with Crippen molar-refractivity contribution in [2.45, 2.75) is 6.36 Å². The third-order valence-electron chi connectivity index (χ3n) is 2.23. The van der Waals surface area contributed by atoms with Crippen LogP contribution >= 0.6 is 0 Å². The molecule has 2 rings (SSSR count). The van der Waals surface area contributed by atoms with Gasteiger partial charge in [0.05, 0.1) is 12.3 Å². The highest BCUT2D eigenvalue weighted by molar-refractivity contribution is 5.83. The molecule has 0 unspecified atom stereocenters. The average molecular weight is 292 g/mol. The minimum absolute atomic E-state index is 0.0511. The number of aromatic nitrogens is 2.